The van der Waals surface area contributed by atoms with Crippen molar-refractivity contribution >= 4 is 16.9 Å². The van der Waals surface area contributed by atoms with E-state index in [-0.39, 0.29) is 12.0 Å². The molecule has 0 aliphatic heterocycles. The predicted octanol–water partition coefficient (Wildman–Crippen LogP) is 0.491. The van der Waals surface area contributed by atoms with Gasteiger partial charge in [0.25, 0.3) is 5.56 Å². The molecule has 6 heteroatoms. The number of nitrogens with one attached hydrogen (secondary N) is 1. The minimum atomic E-state index is -1.13. The van der Waals surface area contributed by atoms with Crippen LogP contribution in [0.15, 0.2) is 29.1 Å². The normalized spacial score (nSPS) is 12.3. The molecule has 0 saturated heterocycles. The molecule has 2 aromatic rings. The largest absolute Gasteiger partial charge is 0.497 e. The lowest BCUT2D eigenvalue weighted by atomic mass is 10.1. The van der Waals surface area contributed by atoms with E-state index in [1.807, 2.05) is 0 Å². The Morgan fingerprint density at radius 1 is 1.47 bits per heavy atom. The Balaban J connectivity index is 2.47. The highest BCUT2D eigenvalue weighted by Gasteiger charge is 2.14. The number of aromatic nitrogens is 1. The fourth-order valence-corrected chi connectivity index (χ4v) is 1.83. The number of nitrogens with two attached hydrogens (primary N) is 1. The van der Waals surface area contributed by atoms with E-state index in [0.717, 1.165) is 5.39 Å². The third kappa shape index (κ3) is 2.74. The summed E-state index contributed by atoms with van der Waals surface area (Å²) in [7, 11) is 1.55. The predicted molar refractivity (Wildman–Crippen MR) is 70.4 cm³/mol. The zero-order valence-electron chi connectivity index (χ0n) is 10.3. The minimum absolute atomic E-state index is 0.0161. The van der Waals surface area contributed by atoms with Crippen LogP contribution in [0.3, 0.4) is 0 Å². The number of benzene rings is 1. The number of fused-ring (bicyclic) bond motifs is 1. The first-order valence-electron chi connectivity index (χ1n) is 5.69. The quantitative estimate of drug-likeness (QED) is 0.743. The molecule has 0 bridgehead atoms. The molecular weight excluding hydrogens is 248 g/mol. The van der Waals surface area contributed by atoms with E-state index in [9.17, 15) is 9.59 Å². The molecule has 0 saturated carbocycles. The van der Waals surface area contributed by atoms with Gasteiger partial charge in [-0.15, -0.1) is 0 Å². The fourth-order valence-electron chi connectivity index (χ4n) is 1.83. The number of hydrogen-bond donors (Lipinski definition) is 3. The number of hydrogen-bond acceptors (Lipinski definition) is 4. The van der Waals surface area contributed by atoms with Gasteiger partial charge in [0.05, 0.1) is 7.11 Å². The molecule has 2 rings (SSSR count). The first kappa shape index (κ1) is 13.1. The third-order valence-electron chi connectivity index (χ3n) is 2.89. The number of carboxylic acid groups (broad SMARTS) is 1. The second kappa shape index (κ2) is 5.11. The Kier molecular flexibility index (Phi) is 3.52. The Morgan fingerprint density at radius 3 is 2.84 bits per heavy atom. The van der Waals surface area contributed by atoms with Gasteiger partial charge in [0.1, 0.15) is 11.8 Å². The Hall–Kier alpha value is -2.34. The van der Waals surface area contributed by atoms with Gasteiger partial charge in [0, 0.05) is 22.9 Å². The molecular formula is C13H14N2O4. The van der Waals surface area contributed by atoms with Gasteiger partial charge in [-0.05, 0) is 24.3 Å². The number of ether oxygens (including phenoxy) is 1. The lowest BCUT2D eigenvalue weighted by molar-refractivity contribution is -0.138. The number of pyridine rings is 1. The first-order chi connectivity index (χ1) is 9.01. The van der Waals surface area contributed by atoms with Gasteiger partial charge in [0.15, 0.2) is 0 Å². The van der Waals surface area contributed by atoms with Crippen LogP contribution in [-0.2, 0) is 11.2 Å². The van der Waals surface area contributed by atoms with Crippen molar-refractivity contribution in [3.8, 4) is 5.75 Å². The van der Waals surface area contributed by atoms with E-state index in [4.69, 9.17) is 15.6 Å². The van der Waals surface area contributed by atoms with E-state index >= 15 is 0 Å². The topological polar surface area (TPSA) is 105 Å². The monoisotopic (exact) mass is 262 g/mol. The average molecular weight is 262 g/mol. The number of aromatic amines is 1. The minimum Gasteiger partial charge on any atom is -0.497 e. The summed E-state index contributed by atoms with van der Waals surface area (Å²) < 4.78 is 5.10. The molecule has 0 aliphatic rings. The standard InChI is InChI=1S/C13H14N2O4/c1-19-9-2-3-11-7(5-9)4-8(12(16)15-11)6-10(14)13(17)18/h2-5,10H,6,14H2,1H3,(H,15,16)(H,17,18). The highest BCUT2D eigenvalue weighted by Crippen LogP contribution is 2.18. The Bertz CT molecular complexity index is 678. The van der Waals surface area contributed by atoms with Crippen LogP contribution in [0.2, 0.25) is 0 Å². The van der Waals surface area contributed by atoms with Crippen molar-refractivity contribution < 1.29 is 14.6 Å². The second-order valence-corrected chi connectivity index (χ2v) is 4.23. The van der Waals surface area contributed by atoms with Crippen LogP contribution in [-0.4, -0.2) is 29.2 Å². The first-order valence-corrected chi connectivity index (χ1v) is 5.69. The van der Waals surface area contributed by atoms with E-state index < -0.39 is 12.0 Å². The van der Waals surface area contributed by atoms with E-state index in [1.165, 1.54) is 0 Å². The van der Waals surface area contributed by atoms with Gasteiger partial charge in [-0.2, -0.15) is 0 Å². The van der Waals surface area contributed by atoms with Gasteiger partial charge < -0.3 is 20.6 Å². The van der Waals surface area contributed by atoms with Crippen LogP contribution in [0.5, 0.6) is 5.75 Å². The van der Waals surface area contributed by atoms with Crippen LogP contribution in [0.25, 0.3) is 10.9 Å². The van der Waals surface area contributed by atoms with E-state index in [0.29, 0.717) is 16.8 Å². The van der Waals surface area contributed by atoms with E-state index in [2.05, 4.69) is 4.98 Å². The van der Waals surface area contributed by atoms with Crippen LogP contribution in [0, 0.1) is 0 Å². The lowest BCUT2D eigenvalue weighted by Crippen LogP contribution is -2.34. The maximum atomic E-state index is 11.8. The van der Waals surface area contributed by atoms with Gasteiger partial charge in [-0.25, -0.2) is 0 Å². The molecule has 19 heavy (non-hydrogen) atoms. The lowest BCUT2D eigenvalue weighted by Gasteiger charge is -2.07. The summed E-state index contributed by atoms with van der Waals surface area (Å²) in [6, 6.07) is 5.78. The summed E-state index contributed by atoms with van der Waals surface area (Å²) in [6.45, 7) is 0. The number of H-pyrrole nitrogens is 1. The van der Waals surface area contributed by atoms with Crippen molar-refractivity contribution in [2.45, 2.75) is 12.5 Å². The molecule has 6 nitrogen and oxygen atoms in total. The molecule has 1 unspecified atom stereocenters. The molecule has 1 aromatic heterocycles. The molecule has 0 amide bonds. The van der Waals surface area contributed by atoms with Gasteiger partial charge in [-0.3, -0.25) is 9.59 Å². The average Bonchev–Trinajstić information content (AvgIpc) is 2.38. The molecule has 1 atom stereocenters. The number of carboxylic acids is 1. The molecule has 4 N–H and O–H groups in total. The molecule has 1 heterocycles. The Labute approximate surface area is 108 Å². The number of rotatable bonds is 4. The maximum absolute atomic E-state index is 11.8. The van der Waals surface area contributed by atoms with Crippen molar-refractivity contribution in [1.29, 1.82) is 0 Å². The third-order valence-corrected chi connectivity index (χ3v) is 2.89. The number of methoxy groups -OCH3 is 1. The van der Waals surface area contributed by atoms with Gasteiger partial charge >= 0.3 is 5.97 Å². The summed E-state index contributed by atoms with van der Waals surface area (Å²) in [5.74, 6) is -0.474. The van der Waals surface area contributed by atoms with Crippen molar-refractivity contribution in [3.63, 3.8) is 0 Å². The molecule has 0 radical (unpaired) electrons. The van der Waals surface area contributed by atoms with Crippen LogP contribution < -0.4 is 16.0 Å². The van der Waals surface area contributed by atoms with E-state index in [1.54, 1.807) is 31.4 Å². The summed E-state index contributed by atoms with van der Waals surface area (Å²) >= 11 is 0. The highest BCUT2D eigenvalue weighted by molar-refractivity contribution is 5.81. The SMILES string of the molecule is COc1ccc2[nH]c(=O)c(CC(N)C(=O)O)cc2c1. The molecule has 0 aliphatic carbocycles. The number of aliphatic carboxylic acids is 1. The Morgan fingerprint density at radius 2 is 2.21 bits per heavy atom. The van der Waals surface area contributed by atoms with Gasteiger partial charge in [0.2, 0.25) is 0 Å². The van der Waals surface area contributed by atoms with Crippen LogP contribution in [0.1, 0.15) is 5.56 Å². The van der Waals surface area contributed by atoms with Gasteiger partial charge in [-0.1, -0.05) is 0 Å². The highest BCUT2D eigenvalue weighted by atomic mass is 16.5. The fraction of sp³-hybridized carbons (Fsp3) is 0.231. The van der Waals surface area contributed by atoms with Crippen LogP contribution in [0.4, 0.5) is 0 Å². The smallest absolute Gasteiger partial charge is 0.320 e. The zero-order chi connectivity index (χ0) is 14.0. The van der Waals surface area contributed by atoms with Crippen molar-refractivity contribution in [1.82, 2.24) is 4.98 Å². The van der Waals surface area contributed by atoms with Crippen molar-refractivity contribution in [3.05, 3.63) is 40.2 Å². The van der Waals surface area contributed by atoms with Crippen LogP contribution >= 0.6 is 0 Å². The molecule has 0 fully saturated rings. The summed E-state index contributed by atoms with van der Waals surface area (Å²) in [5.41, 5.74) is 6.12. The summed E-state index contributed by atoms with van der Waals surface area (Å²) in [5, 5.41) is 9.54. The van der Waals surface area contributed by atoms with Crippen molar-refractivity contribution in [2.75, 3.05) is 7.11 Å². The number of carbonyl (C=O) groups is 1. The second-order valence-electron chi connectivity index (χ2n) is 4.23. The zero-order valence-corrected chi connectivity index (χ0v) is 10.3. The molecule has 1 aromatic carbocycles. The molecule has 0 spiro atoms. The summed E-state index contributed by atoms with van der Waals surface area (Å²) in [4.78, 5) is 25.2. The maximum Gasteiger partial charge on any atom is 0.320 e. The van der Waals surface area contributed by atoms with Crippen molar-refractivity contribution in [2.24, 2.45) is 5.73 Å². The molecule has 100 valence electrons. The summed E-state index contributed by atoms with van der Waals surface area (Å²) in [6.07, 6.45) is -0.0161.